The van der Waals surface area contributed by atoms with Crippen molar-refractivity contribution in [1.29, 1.82) is 0 Å². The van der Waals surface area contributed by atoms with Gasteiger partial charge in [-0.05, 0) is 24.1 Å². The lowest BCUT2D eigenvalue weighted by Crippen LogP contribution is -2.42. The predicted molar refractivity (Wildman–Crippen MR) is 99.2 cm³/mol. The summed E-state index contributed by atoms with van der Waals surface area (Å²) in [6, 6.07) is 8.71. The molecule has 7 nitrogen and oxygen atoms in total. The Labute approximate surface area is 155 Å². The Morgan fingerprint density at radius 2 is 2.04 bits per heavy atom. The molecule has 5 rings (SSSR count). The Kier molecular flexibility index (Phi) is 4.00. The Balaban J connectivity index is 1.28. The first kappa shape index (κ1) is 16.0. The van der Waals surface area contributed by atoms with E-state index < -0.39 is 0 Å². The van der Waals surface area contributed by atoms with E-state index in [2.05, 4.69) is 42.3 Å². The largest absolute Gasteiger partial charge is 0.371 e. The molecule has 0 aliphatic carbocycles. The third-order valence-electron chi connectivity index (χ3n) is 5.22. The molecule has 0 saturated carbocycles. The number of morpholine rings is 1. The summed E-state index contributed by atoms with van der Waals surface area (Å²) < 4.78 is 6.12. The lowest BCUT2D eigenvalue weighted by atomic mass is 10.1. The van der Waals surface area contributed by atoms with Crippen molar-refractivity contribution in [2.45, 2.75) is 24.6 Å². The van der Waals surface area contributed by atoms with Gasteiger partial charge in [-0.2, -0.15) is 0 Å². The summed E-state index contributed by atoms with van der Waals surface area (Å²) in [6.45, 7) is 2.61. The lowest BCUT2D eigenvalue weighted by Gasteiger charge is -2.35. The molecule has 2 saturated heterocycles. The van der Waals surface area contributed by atoms with Crippen LogP contribution in [-0.4, -0.2) is 56.6 Å². The third-order valence-corrected chi connectivity index (χ3v) is 5.48. The van der Waals surface area contributed by atoms with Crippen LogP contribution >= 0.6 is 11.6 Å². The summed E-state index contributed by atoms with van der Waals surface area (Å²) in [6.07, 6.45) is 4.33. The Morgan fingerprint density at radius 1 is 1.15 bits per heavy atom. The van der Waals surface area contributed by atoms with E-state index in [9.17, 15) is 0 Å². The van der Waals surface area contributed by atoms with E-state index in [1.54, 1.807) is 12.7 Å². The minimum atomic E-state index is 0.0978. The molecule has 0 amide bonds. The molecular weight excluding hydrogens is 352 g/mol. The molecular formula is C18H19ClN6O. The van der Waals surface area contributed by atoms with Gasteiger partial charge in [0.25, 0.3) is 0 Å². The number of anilines is 1. The van der Waals surface area contributed by atoms with Gasteiger partial charge in [0, 0.05) is 30.2 Å². The number of hydrogen-bond donors (Lipinski definition) is 2. The zero-order valence-corrected chi connectivity index (χ0v) is 14.9. The number of halogens is 1. The van der Waals surface area contributed by atoms with E-state index in [1.807, 2.05) is 12.1 Å². The number of ether oxygens (including phenoxy) is 1. The number of fused-ring (bicyclic) bond motifs is 2. The van der Waals surface area contributed by atoms with E-state index in [0.717, 1.165) is 42.5 Å². The maximum atomic E-state index is 6.12. The molecule has 134 valence electrons. The second-order valence-electron chi connectivity index (χ2n) is 6.88. The van der Waals surface area contributed by atoms with Crippen LogP contribution in [-0.2, 0) is 4.74 Å². The van der Waals surface area contributed by atoms with Crippen LogP contribution in [0.2, 0.25) is 5.02 Å². The first-order valence-corrected chi connectivity index (χ1v) is 9.16. The zero-order chi connectivity index (χ0) is 17.5. The van der Waals surface area contributed by atoms with Gasteiger partial charge in [-0.3, -0.25) is 4.90 Å². The van der Waals surface area contributed by atoms with Crippen LogP contribution in [0.3, 0.4) is 0 Å². The summed E-state index contributed by atoms with van der Waals surface area (Å²) in [5, 5.41) is 4.30. The molecule has 8 heteroatoms. The van der Waals surface area contributed by atoms with Crippen LogP contribution in [0.5, 0.6) is 0 Å². The van der Waals surface area contributed by atoms with E-state index in [-0.39, 0.29) is 6.10 Å². The molecule has 2 aromatic heterocycles. The average Bonchev–Trinajstić information content (AvgIpc) is 3.28. The Bertz CT molecular complexity index is 913. The number of H-pyrrole nitrogens is 1. The van der Waals surface area contributed by atoms with Crippen LogP contribution < -0.4 is 5.32 Å². The molecule has 2 aliphatic rings. The van der Waals surface area contributed by atoms with Gasteiger partial charge in [-0.25, -0.2) is 15.0 Å². The summed E-state index contributed by atoms with van der Waals surface area (Å²) in [5.41, 5.74) is 2.72. The van der Waals surface area contributed by atoms with Crippen LogP contribution in [0.4, 0.5) is 5.82 Å². The standard InChI is InChI=1S/C18H19ClN6O/c19-12-3-1-11(2-4-12)15-7-25-6-13(5-14(25)8-26-15)24-18-16-17(21-9-20-16)22-10-23-18/h1-4,9-10,13-15H,5-8H2,(H2,20,21,22,23,24)/t13-,14+,15-/m1/s1. The molecule has 26 heavy (non-hydrogen) atoms. The first-order valence-electron chi connectivity index (χ1n) is 8.78. The van der Waals surface area contributed by atoms with Gasteiger partial charge < -0.3 is 15.0 Å². The predicted octanol–water partition coefficient (Wildman–Crippen LogP) is 2.63. The number of hydrogen-bond acceptors (Lipinski definition) is 6. The molecule has 2 fully saturated rings. The van der Waals surface area contributed by atoms with Gasteiger partial charge in [-0.1, -0.05) is 23.7 Å². The van der Waals surface area contributed by atoms with Crippen LogP contribution in [0, 0.1) is 0 Å². The van der Waals surface area contributed by atoms with Crippen molar-refractivity contribution < 1.29 is 4.74 Å². The van der Waals surface area contributed by atoms with E-state index in [0.29, 0.717) is 17.7 Å². The van der Waals surface area contributed by atoms with Gasteiger partial charge in [0.15, 0.2) is 11.5 Å². The minimum Gasteiger partial charge on any atom is -0.371 e. The third kappa shape index (κ3) is 2.92. The SMILES string of the molecule is Clc1ccc([C@H]2CN3C[C@H](Nc4ncnc5nc[nH]c45)C[C@H]3CO2)cc1. The molecule has 2 N–H and O–H groups in total. The highest BCUT2D eigenvalue weighted by Crippen LogP contribution is 2.32. The second kappa shape index (κ2) is 6.50. The number of aromatic amines is 1. The molecule has 3 atom stereocenters. The maximum Gasteiger partial charge on any atom is 0.182 e. The topological polar surface area (TPSA) is 79.0 Å². The molecule has 0 unspecified atom stereocenters. The van der Waals surface area contributed by atoms with Crippen LogP contribution in [0.25, 0.3) is 11.2 Å². The maximum absolute atomic E-state index is 6.12. The quantitative estimate of drug-likeness (QED) is 0.738. The normalized spacial score (nSPS) is 26.1. The number of rotatable bonds is 3. The van der Waals surface area contributed by atoms with Crippen molar-refractivity contribution in [2.75, 3.05) is 25.0 Å². The smallest absolute Gasteiger partial charge is 0.182 e. The summed E-state index contributed by atoms with van der Waals surface area (Å²) in [5.74, 6) is 0.813. The van der Waals surface area contributed by atoms with Gasteiger partial charge in [-0.15, -0.1) is 0 Å². The molecule has 3 aromatic rings. The summed E-state index contributed by atoms with van der Waals surface area (Å²) >= 11 is 5.99. The first-order chi connectivity index (χ1) is 12.8. The van der Waals surface area contributed by atoms with Crippen LogP contribution in [0.1, 0.15) is 18.1 Å². The van der Waals surface area contributed by atoms with E-state index >= 15 is 0 Å². The Morgan fingerprint density at radius 3 is 2.92 bits per heavy atom. The van der Waals surface area contributed by atoms with Crippen molar-refractivity contribution in [3.8, 4) is 0 Å². The zero-order valence-electron chi connectivity index (χ0n) is 14.1. The van der Waals surface area contributed by atoms with Crippen molar-refractivity contribution in [1.82, 2.24) is 24.8 Å². The molecule has 0 radical (unpaired) electrons. The molecule has 0 bridgehead atoms. The van der Waals surface area contributed by atoms with Crippen molar-refractivity contribution >= 4 is 28.6 Å². The van der Waals surface area contributed by atoms with Crippen molar-refractivity contribution in [3.63, 3.8) is 0 Å². The highest BCUT2D eigenvalue weighted by atomic mass is 35.5. The monoisotopic (exact) mass is 370 g/mol. The fraction of sp³-hybridized carbons (Fsp3) is 0.389. The fourth-order valence-electron chi connectivity index (χ4n) is 3.93. The molecule has 1 aromatic carbocycles. The number of nitrogens with zero attached hydrogens (tertiary/aromatic N) is 4. The molecule has 2 aliphatic heterocycles. The minimum absolute atomic E-state index is 0.0978. The Hall–Kier alpha value is -2.22. The van der Waals surface area contributed by atoms with Crippen molar-refractivity contribution in [2.24, 2.45) is 0 Å². The van der Waals surface area contributed by atoms with Gasteiger partial charge in [0.2, 0.25) is 0 Å². The number of imidazole rings is 1. The summed E-state index contributed by atoms with van der Waals surface area (Å²) in [7, 11) is 0. The second-order valence-corrected chi connectivity index (χ2v) is 7.32. The highest BCUT2D eigenvalue weighted by molar-refractivity contribution is 6.30. The van der Waals surface area contributed by atoms with E-state index in [4.69, 9.17) is 16.3 Å². The van der Waals surface area contributed by atoms with E-state index in [1.165, 1.54) is 5.56 Å². The van der Waals surface area contributed by atoms with Gasteiger partial charge in [0.05, 0.1) is 19.0 Å². The highest BCUT2D eigenvalue weighted by Gasteiger charge is 2.38. The summed E-state index contributed by atoms with van der Waals surface area (Å²) in [4.78, 5) is 18.3. The molecule has 0 spiro atoms. The number of aromatic nitrogens is 4. The fourth-order valence-corrected chi connectivity index (χ4v) is 4.05. The van der Waals surface area contributed by atoms with Crippen LogP contribution in [0.15, 0.2) is 36.9 Å². The lowest BCUT2D eigenvalue weighted by molar-refractivity contribution is -0.0501. The van der Waals surface area contributed by atoms with Gasteiger partial charge >= 0.3 is 0 Å². The average molecular weight is 371 g/mol. The number of nitrogens with one attached hydrogen (secondary N) is 2. The molecule has 4 heterocycles. The van der Waals surface area contributed by atoms with Crippen molar-refractivity contribution in [3.05, 3.63) is 47.5 Å². The van der Waals surface area contributed by atoms with Gasteiger partial charge in [0.1, 0.15) is 11.8 Å². The number of benzene rings is 1.